The van der Waals surface area contributed by atoms with Crippen molar-refractivity contribution in [2.75, 3.05) is 50.0 Å². The molecule has 0 spiro atoms. The molecule has 3 rings (SSSR count). The predicted octanol–water partition coefficient (Wildman–Crippen LogP) is 2.68. The zero-order valence-electron chi connectivity index (χ0n) is 18.0. The Morgan fingerprint density at radius 3 is 2.47 bits per heavy atom. The van der Waals surface area contributed by atoms with E-state index in [1.54, 1.807) is 6.07 Å². The summed E-state index contributed by atoms with van der Waals surface area (Å²) in [6.07, 6.45) is 6.89. The zero-order chi connectivity index (χ0) is 21.3. The Balaban J connectivity index is 1.48. The van der Waals surface area contributed by atoms with Gasteiger partial charge in [0.1, 0.15) is 18.4 Å². The van der Waals surface area contributed by atoms with Gasteiger partial charge in [-0.15, -0.1) is 0 Å². The maximum absolute atomic E-state index is 14.7. The number of nitrogens with zero attached hydrogens (tertiary/aromatic N) is 2. The number of piperidine rings is 2. The van der Waals surface area contributed by atoms with Crippen LogP contribution in [0.5, 0.6) is 0 Å². The minimum Gasteiger partial charge on any atom is -0.375 e. The van der Waals surface area contributed by atoms with E-state index in [-0.39, 0.29) is 5.82 Å². The van der Waals surface area contributed by atoms with Crippen molar-refractivity contribution in [3.05, 3.63) is 24.0 Å². The highest BCUT2D eigenvalue weighted by Crippen LogP contribution is 2.28. The molecular weight excluding hydrogens is 383 g/mol. The summed E-state index contributed by atoms with van der Waals surface area (Å²) in [5.74, 6) is 0.412. The average Bonchev–Trinajstić information content (AvgIpc) is 2.78. The number of hydrogen-bond donors (Lipinski definition) is 2. The highest BCUT2D eigenvalue weighted by molar-refractivity contribution is 5.66. The summed E-state index contributed by atoms with van der Waals surface area (Å²) in [6.45, 7) is 5.24. The zero-order valence-corrected chi connectivity index (χ0v) is 18.0. The van der Waals surface area contributed by atoms with Crippen LogP contribution < -0.4 is 15.5 Å². The van der Waals surface area contributed by atoms with Crippen LogP contribution in [0.4, 0.5) is 15.8 Å². The second kappa shape index (κ2) is 11.4. The first kappa shape index (κ1) is 22.7. The van der Waals surface area contributed by atoms with Crippen LogP contribution in [0.15, 0.2) is 18.2 Å². The van der Waals surface area contributed by atoms with Crippen LogP contribution in [-0.4, -0.2) is 69.3 Å². The summed E-state index contributed by atoms with van der Waals surface area (Å²) < 4.78 is 14.7. The number of carbonyl (C=O) groups excluding carboxylic acids is 2. The van der Waals surface area contributed by atoms with E-state index in [2.05, 4.69) is 20.4 Å². The fourth-order valence-corrected chi connectivity index (χ4v) is 4.61. The van der Waals surface area contributed by atoms with Crippen molar-refractivity contribution in [1.29, 1.82) is 0 Å². The van der Waals surface area contributed by atoms with E-state index in [0.29, 0.717) is 36.2 Å². The van der Waals surface area contributed by atoms with Gasteiger partial charge in [0.2, 0.25) is 0 Å². The Labute approximate surface area is 179 Å². The molecule has 7 heteroatoms. The van der Waals surface area contributed by atoms with Gasteiger partial charge in [-0.25, -0.2) is 4.39 Å². The molecule has 0 bridgehead atoms. The number of halogens is 1. The van der Waals surface area contributed by atoms with Gasteiger partial charge in [-0.1, -0.05) is 0 Å². The van der Waals surface area contributed by atoms with E-state index < -0.39 is 6.04 Å². The summed E-state index contributed by atoms with van der Waals surface area (Å²) >= 11 is 0. The van der Waals surface area contributed by atoms with Crippen LogP contribution in [-0.2, 0) is 9.59 Å². The number of aldehydes is 2. The summed E-state index contributed by atoms with van der Waals surface area (Å²) in [5, 5.41) is 6.38. The molecular formula is C23H35FN4O2. The highest BCUT2D eigenvalue weighted by atomic mass is 19.1. The fraction of sp³-hybridized carbons (Fsp3) is 0.652. The molecule has 2 aliphatic rings. The third-order valence-electron chi connectivity index (χ3n) is 6.53. The number of nitrogens with one attached hydrogen (secondary N) is 2. The molecule has 0 amide bonds. The molecule has 0 aliphatic carbocycles. The van der Waals surface area contributed by atoms with Gasteiger partial charge in [-0.3, -0.25) is 0 Å². The minimum atomic E-state index is -0.477. The van der Waals surface area contributed by atoms with Crippen LogP contribution in [0.2, 0.25) is 0 Å². The van der Waals surface area contributed by atoms with Crippen molar-refractivity contribution in [2.24, 2.45) is 5.92 Å². The summed E-state index contributed by atoms with van der Waals surface area (Å²) in [4.78, 5) is 26.3. The van der Waals surface area contributed by atoms with E-state index in [1.165, 1.54) is 32.0 Å². The molecule has 2 saturated heterocycles. The quantitative estimate of drug-likeness (QED) is 0.570. The van der Waals surface area contributed by atoms with Gasteiger partial charge in [-0.2, -0.15) is 0 Å². The second-order valence-electron chi connectivity index (χ2n) is 8.59. The molecule has 2 fully saturated rings. The lowest BCUT2D eigenvalue weighted by molar-refractivity contribution is -0.109. The third kappa shape index (κ3) is 6.25. The van der Waals surface area contributed by atoms with Gasteiger partial charge in [0.25, 0.3) is 0 Å². The SMILES string of the molecule is CNC1CCN(CC2CCN(c3ccc(NC(C=O)CCC=O)cc3F)CC2)CC1. The summed E-state index contributed by atoms with van der Waals surface area (Å²) in [7, 11) is 2.05. The van der Waals surface area contributed by atoms with E-state index >= 15 is 0 Å². The lowest BCUT2D eigenvalue weighted by atomic mass is 9.94. The Bertz CT molecular complexity index is 686. The van der Waals surface area contributed by atoms with Crippen LogP contribution in [0.25, 0.3) is 0 Å². The molecule has 30 heavy (non-hydrogen) atoms. The maximum atomic E-state index is 14.7. The molecule has 0 aromatic heterocycles. The Kier molecular flexibility index (Phi) is 8.63. The first-order valence-corrected chi connectivity index (χ1v) is 11.2. The van der Waals surface area contributed by atoms with E-state index in [4.69, 9.17) is 0 Å². The highest BCUT2D eigenvalue weighted by Gasteiger charge is 2.25. The van der Waals surface area contributed by atoms with Gasteiger partial charge in [0.05, 0.1) is 11.7 Å². The molecule has 0 radical (unpaired) electrons. The smallest absolute Gasteiger partial charge is 0.148 e. The average molecular weight is 419 g/mol. The molecule has 2 aliphatic heterocycles. The molecule has 6 nitrogen and oxygen atoms in total. The summed E-state index contributed by atoms with van der Waals surface area (Å²) in [5.41, 5.74) is 1.20. The minimum absolute atomic E-state index is 0.271. The first-order valence-electron chi connectivity index (χ1n) is 11.2. The molecule has 0 saturated carbocycles. The largest absolute Gasteiger partial charge is 0.375 e. The van der Waals surface area contributed by atoms with Gasteiger partial charge < -0.3 is 30.0 Å². The molecule has 1 atom stereocenters. The number of benzene rings is 1. The van der Waals surface area contributed by atoms with Crippen molar-refractivity contribution >= 4 is 23.9 Å². The topological polar surface area (TPSA) is 64.7 Å². The van der Waals surface area contributed by atoms with Crippen LogP contribution in [0, 0.1) is 11.7 Å². The van der Waals surface area contributed by atoms with Gasteiger partial charge >= 0.3 is 0 Å². The number of hydrogen-bond acceptors (Lipinski definition) is 6. The van der Waals surface area contributed by atoms with Crippen molar-refractivity contribution < 1.29 is 14.0 Å². The Morgan fingerprint density at radius 1 is 1.13 bits per heavy atom. The van der Waals surface area contributed by atoms with Crippen molar-refractivity contribution in [3.8, 4) is 0 Å². The van der Waals surface area contributed by atoms with Crippen LogP contribution >= 0.6 is 0 Å². The lowest BCUT2D eigenvalue weighted by Gasteiger charge is -2.38. The van der Waals surface area contributed by atoms with E-state index in [0.717, 1.165) is 45.0 Å². The van der Waals surface area contributed by atoms with E-state index in [1.807, 2.05) is 13.1 Å². The fourth-order valence-electron chi connectivity index (χ4n) is 4.61. The number of likely N-dealkylation sites (tertiary alicyclic amines) is 1. The maximum Gasteiger partial charge on any atom is 0.148 e. The van der Waals surface area contributed by atoms with Crippen LogP contribution in [0.1, 0.15) is 38.5 Å². The number of rotatable bonds is 10. The van der Waals surface area contributed by atoms with Crippen molar-refractivity contribution in [2.45, 2.75) is 50.6 Å². The lowest BCUT2D eigenvalue weighted by Crippen LogP contribution is -2.45. The van der Waals surface area contributed by atoms with Gasteiger partial charge in [0, 0.05) is 37.8 Å². The molecule has 166 valence electrons. The van der Waals surface area contributed by atoms with Crippen molar-refractivity contribution in [1.82, 2.24) is 10.2 Å². The molecule has 1 unspecified atom stereocenters. The molecule has 1 aromatic rings. The normalized spacial score (nSPS) is 20.1. The Morgan fingerprint density at radius 2 is 1.87 bits per heavy atom. The molecule has 2 N–H and O–H groups in total. The van der Waals surface area contributed by atoms with Crippen molar-refractivity contribution in [3.63, 3.8) is 0 Å². The van der Waals surface area contributed by atoms with E-state index in [9.17, 15) is 14.0 Å². The second-order valence-corrected chi connectivity index (χ2v) is 8.59. The van der Waals surface area contributed by atoms with Crippen LogP contribution in [0.3, 0.4) is 0 Å². The predicted molar refractivity (Wildman–Crippen MR) is 119 cm³/mol. The van der Waals surface area contributed by atoms with Gasteiger partial charge in [0.15, 0.2) is 0 Å². The monoisotopic (exact) mass is 418 g/mol. The number of carbonyl (C=O) groups is 2. The molecule has 2 heterocycles. The summed E-state index contributed by atoms with van der Waals surface area (Å²) in [6, 6.07) is 5.24. The van der Waals surface area contributed by atoms with Gasteiger partial charge in [-0.05, 0) is 76.4 Å². The first-order chi connectivity index (χ1) is 14.6. The Hall–Kier alpha value is -1.99. The number of anilines is 2. The standard InChI is InChI=1S/C23H35FN4O2/c1-25-19-8-10-27(11-9-19)16-18-6-12-28(13-7-18)23-5-4-20(15-22(23)24)26-21(17-30)3-2-14-29/h4-5,14-15,17-19,21,25-26H,2-3,6-13,16H2,1H3. The molecule has 1 aromatic carbocycles. The third-order valence-corrected chi connectivity index (χ3v) is 6.53.